The molecular formula is C21H31N5O7. The van der Waals surface area contributed by atoms with Gasteiger partial charge in [-0.1, -0.05) is 30.3 Å². The number of aliphatic carboxylic acids is 2. The highest BCUT2D eigenvalue weighted by molar-refractivity contribution is 5.95. The summed E-state index contributed by atoms with van der Waals surface area (Å²) in [6.07, 6.45) is 0.714. The number of hydrogen-bond acceptors (Lipinski definition) is 7. The van der Waals surface area contributed by atoms with Gasteiger partial charge in [0.25, 0.3) is 0 Å². The first-order valence-corrected chi connectivity index (χ1v) is 10.5. The van der Waals surface area contributed by atoms with Crippen LogP contribution in [0.25, 0.3) is 0 Å². The lowest BCUT2D eigenvalue weighted by Gasteiger charge is -2.23. The number of carbonyl (C=O) groups excluding carboxylic acids is 3. The average molecular weight is 466 g/mol. The van der Waals surface area contributed by atoms with Crippen molar-refractivity contribution in [2.75, 3.05) is 13.1 Å². The summed E-state index contributed by atoms with van der Waals surface area (Å²) in [5, 5.41) is 24.6. The van der Waals surface area contributed by atoms with Gasteiger partial charge in [0, 0.05) is 0 Å². The molecule has 0 spiro atoms. The molecule has 9 N–H and O–H groups in total. The molecule has 0 radical (unpaired) electrons. The summed E-state index contributed by atoms with van der Waals surface area (Å²) in [4.78, 5) is 59.3. The van der Waals surface area contributed by atoms with Crippen LogP contribution in [-0.4, -0.2) is 71.1 Å². The van der Waals surface area contributed by atoms with Gasteiger partial charge in [-0.3, -0.25) is 24.0 Å². The second kappa shape index (κ2) is 14.5. The lowest BCUT2D eigenvalue weighted by atomic mass is 10.0. The number of rotatable bonds is 15. The molecular weight excluding hydrogens is 434 g/mol. The lowest BCUT2D eigenvalue weighted by Crippen LogP contribution is -2.56. The minimum absolute atomic E-state index is 0.184. The zero-order chi connectivity index (χ0) is 24.8. The third-order valence-corrected chi connectivity index (χ3v) is 4.64. The van der Waals surface area contributed by atoms with Crippen LogP contribution >= 0.6 is 0 Å². The Morgan fingerprint density at radius 2 is 1.48 bits per heavy atom. The van der Waals surface area contributed by atoms with E-state index in [0.717, 1.165) is 5.56 Å². The molecule has 0 aliphatic carbocycles. The Balaban J connectivity index is 2.87. The fraction of sp³-hybridized carbons (Fsp3) is 0.476. The van der Waals surface area contributed by atoms with Crippen molar-refractivity contribution in [3.05, 3.63) is 35.9 Å². The number of amides is 3. The van der Waals surface area contributed by atoms with E-state index in [1.54, 1.807) is 12.1 Å². The van der Waals surface area contributed by atoms with Crippen LogP contribution in [0.2, 0.25) is 0 Å². The number of carboxylic acid groups (broad SMARTS) is 2. The quantitative estimate of drug-likeness (QED) is 0.147. The van der Waals surface area contributed by atoms with Crippen molar-refractivity contribution in [2.24, 2.45) is 11.5 Å². The van der Waals surface area contributed by atoms with Crippen molar-refractivity contribution in [1.29, 1.82) is 0 Å². The number of hydrogen-bond donors (Lipinski definition) is 7. The average Bonchev–Trinajstić information content (AvgIpc) is 2.76. The summed E-state index contributed by atoms with van der Waals surface area (Å²) in [7, 11) is 0. The molecule has 0 aromatic heterocycles. The minimum Gasteiger partial charge on any atom is -0.481 e. The van der Waals surface area contributed by atoms with E-state index in [1.165, 1.54) is 0 Å². The molecule has 12 nitrogen and oxygen atoms in total. The predicted molar refractivity (Wildman–Crippen MR) is 118 cm³/mol. The Hall–Kier alpha value is -3.51. The number of benzene rings is 1. The monoisotopic (exact) mass is 465 g/mol. The van der Waals surface area contributed by atoms with Gasteiger partial charge in [-0.05, 0) is 37.8 Å². The van der Waals surface area contributed by atoms with Crippen LogP contribution in [0.3, 0.4) is 0 Å². The SMILES string of the molecule is NCCCCC(NC(=O)C(N)Cc1ccccc1)C(=O)NC(CC(=O)O)C(=O)NCC(=O)O. The van der Waals surface area contributed by atoms with Gasteiger partial charge in [0.1, 0.15) is 18.6 Å². The van der Waals surface area contributed by atoms with Crippen molar-refractivity contribution >= 4 is 29.7 Å². The van der Waals surface area contributed by atoms with E-state index in [0.29, 0.717) is 19.4 Å². The van der Waals surface area contributed by atoms with Gasteiger partial charge in [0.15, 0.2) is 0 Å². The van der Waals surface area contributed by atoms with Crippen LogP contribution in [0.1, 0.15) is 31.2 Å². The van der Waals surface area contributed by atoms with E-state index >= 15 is 0 Å². The highest BCUT2D eigenvalue weighted by Crippen LogP contribution is 2.06. The molecule has 0 heterocycles. The van der Waals surface area contributed by atoms with Gasteiger partial charge in [0.05, 0.1) is 12.5 Å². The molecule has 12 heteroatoms. The van der Waals surface area contributed by atoms with Crippen LogP contribution in [0.5, 0.6) is 0 Å². The zero-order valence-corrected chi connectivity index (χ0v) is 18.2. The summed E-state index contributed by atoms with van der Waals surface area (Å²) >= 11 is 0. The van der Waals surface area contributed by atoms with Crippen LogP contribution in [-0.2, 0) is 30.4 Å². The third kappa shape index (κ3) is 11.1. The number of nitrogens with two attached hydrogens (primary N) is 2. The van der Waals surface area contributed by atoms with Gasteiger partial charge in [-0.2, -0.15) is 0 Å². The summed E-state index contributed by atoms with van der Waals surface area (Å²) in [6, 6.07) is 5.51. The number of nitrogens with one attached hydrogen (secondary N) is 3. The second-order valence-corrected chi connectivity index (χ2v) is 7.41. The minimum atomic E-state index is -1.53. The van der Waals surface area contributed by atoms with Crippen molar-refractivity contribution < 1.29 is 34.2 Å². The first-order chi connectivity index (χ1) is 15.6. The number of unbranched alkanes of at least 4 members (excludes halogenated alkanes) is 1. The fourth-order valence-electron chi connectivity index (χ4n) is 2.94. The lowest BCUT2D eigenvalue weighted by molar-refractivity contribution is -0.141. The highest BCUT2D eigenvalue weighted by atomic mass is 16.4. The highest BCUT2D eigenvalue weighted by Gasteiger charge is 2.29. The maximum Gasteiger partial charge on any atom is 0.322 e. The Morgan fingerprint density at radius 1 is 0.848 bits per heavy atom. The van der Waals surface area contributed by atoms with E-state index in [4.69, 9.17) is 21.7 Å². The Labute approximate surface area is 191 Å². The van der Waals surface area contributed by atoms with Gasteiger partial charge in [-0.15, -0.1) is 0 Å². The first-order valence-electron chi connectivity index (χ1n) is 10.5. The molecule has 182 valence electrons. The van der Waals surface area contributed by atoms with Gasteiger partial charge in [-0.25, -0.2) is 0 Å². The second-order valence-electron chi connectivity index (χ2n) is 7.41. The molecule has 0 fully saturated rings. The molecule has 3 unspecified atom stereocenters. The van der Waals surface area contributed by atoms with Gasteiger partial charge >= 0.3 is 11.9 Å². The fourth-order valence-corrected chi connectivity index (χ4v) is 2.94. The van der Waals surface area contributed by atoms with Gasteiger partial charge in [0.2, 0.25) is 17.7 Å². The van der Waals surface area contributed by atoms with E-state index in [2.05, 4.69) is 10.6 Å². The van der Waals surface area contributed by atoms with E-state index in [-0.39, 0.29) is 12.8 Å². The molecule has 0 saturated carbocycles. The summed E-state index contributed by atoms with van der Waals surface area (Å²) < 4.78 is 0. The molecule has 1 rings (SSSR count). The molecule has 0 aliphatic rings. The molecule has 1 aromatic carbocycles. The maximum atomic E-state index is 12.8. The van der Waals surface area contributed by atoms with Crippen molar-refractivity contribution in [2.45, 2.75) is 50.2 Å². The van der Waals surface area contributed by atoms with Crippen LogP contribution in [0.15, 0.2) is 30.3 Å². The predicted octanol–water partition coefficient (Wildman–Crippen LogP) is -1.67. The molecule has 0 bridgehead atoms. The van der Waals surface area contributed by atoms with Crippen molar-refractivity contribution in [3.63, 3.8) is 0 Å². The Bertz CT molecular complexity index is 818. The smallest absolute Gasteiger partial charge is 0.322 e. The van der Waals surface area contributed by atoms with Crippen molar-refractivity contribution in [3.8, 4) is 0 Å². The Kier molecular flexibility index (Phi) is 12.1. The topological polar surface area (TPSA) is 214 Å². The van der Waals surface area contributed by atoms with Gasteiger partial charge < -0.3 is 37.6 Å². The molecule has 3 atom stereocenters. The van der Waals surface area contributed by atoms with E-state index in [1.807, 2.05) is 23.5 Å². The molecule has 3 amide bonds. The normalized spacial score (nSPS) is 13.3. The largest absolute Gasteiger partial charge is 0.481 e. The molecule has 1 aromatic rings. The van der Waals surface area contributed by atoms with Crippen LogP contribution < -0.4 is 27.4 Å². The van der Waals surface area contributed by atoms with Crippen LogP contribution in [0, 0.1) is 0 Å². The van der Waals surface area contributed by atoms with Crippen LogP contribution in [0.4, 0.5) is 0 Å². The zero-order valence-electron chi connectivity index (χ0n) is 18.2. The molecule has 0 aliphatic heterocycles. The summed E-state index contributed by atoms with van der Waals surface area (Å²) in [6.45, 7) is -0.370. The van der Waals surface area contributed by atoms with Crippen molar-refractivity contribution in [1.82, 2.24) is 16.0 Å². The molecule has 0 saturated heterocycles. The van der Waals surface area contributed by atoms with E-state index < -0.39 is 60.8 Å². The third-order valence-electron chi connectivity index (χ3n) is 4.64. The summed E-state index contributed by atoms with van der Waals surface area (Å²) in [5.74, 6) is -5.05. The Morgan fingerprint density at radius 3 is 2.06 bits per heavy atom. The maximum absolute atomic E-state index is 12.8. The standard InChI is InChI=1S/C21H31N5O7/c22-9-5-4-8-15(25-19(31)14(23)10-13-6-2-1-3-7-13)21(33)26-16(11-17(27)28)20(32)24-12-18(29)30/h1-3,6-7,14-16H,4-5,8-12,22-23H2,(H,24,32)(H,25,31)(H,26,33)(H,27,28)(H,29,30). The molecule has 33 heavy (non-hydrogen) atoms. The van der Waals surface area contributed by atoms with E-state index in [9.17, 15) is 24.0 Å². The first kappa shape index (κ1) is 27.5. The number of carbonyl (C=O) groups is 5. The number of carboxylic acids is 2. The summed E-state index contributed by atoms with van der Waals surface area (Å²) in [5.41, 5.74) is 12.3.